The highest BCUT2D eigenvalue weighted by Gasteiger charge is 2.65. The molecule has 1 aromatic heterocycles. The molecule has 1 aliphatic heterocycles. The molecule has 1 amide bonds. The van der Waals surface area contributed by atoms with Crippen LogP contribution in [0.25, 0.3) is 11.1 Å². The number of rotatable bonds is 4. The first-order valence-electron chi connectivity index (χ1n) is 8.93. The number of nitrogens with one attached hydrogen (secondary N) is 1. The van der Waals surface area contributed by atoms with Gasteiger partial charge in [0, 0.05) is 11.8 Å². The van der Waals surface area contributed by atoms with Crippen LogP contribution in [0.15, 0.2) is 76.7 Å². The van der Waals surface area contributed by atoms with Crippen LogP contribution in [0.5, 0.6) is 0 Å². The number of hydrogen-bond acceptors (Lipinski definition) is 4. The van der Waals surface area contributed by atoms with Crippen LogP contribution >= 0.6 is 10.2 Å². The standard InChI is InChI=1S/C20H14F6N4OS/c21-17-16(5-2-10-28-17)12-3-1-4-14(11-12)20(18(31)29-19(27)30-20)13-6-8-15(9-7-13)32(22,23,24,25)26/h1-11H,(H3,27,29,30,31). The Balaban J connectivity index is 1.90. The average molecular weight is 472 g/mol. The summed E-state index contributed by atoms with van der Waals surface area (Å²) in [6.07, 6.45) is 1.25. The number of carbonyl (C=O) groups is 1. The Bertz CT molecular complexity index is 1280. The second-order valence-corrected chi connectivity index (χ2v) is 9.49. The molecule has 12 heteroatoms. The summed E-state index contributed by atoms with van der Waals surface area (Å²) in [6, 6.07) is 10.7. The molecular weight excluding hydrogens is 458 g/mol. The summed E-state index contributed by atoms with van der Waals surface area (Å²) in [5.74, 6) is -1.90. The summed E-state index contributed by atoms with van der Waals surface area (Å²) >= 11 is 0. The van der Waals surface area contributed by atoms with Crippen LogP contribution in [0.1, 0.15) is 11.1 Å². The molecule has 0 saturated heterocycles. The van der Waals surface area contributed by atoms with Crippen molar-refractivity contribution in [2.24, 2.45) is 10.7 Å². The average Bonchev–Trinajstić information content (AvgIpc) is 3.02. The van der Waals surface area contributed by atoms with Gasteiger partial charge in [-0.2, -0.15) is 4.39 Å². The quantitative estimate of drug-likeness (QED) is 0.403. The van der Waals surface area contributed by atoms with Gasteiger partial charge in [-0.1, -0.05) is 49.8 Å². The number of carbonyl (C=O) groups excluding carboxylic acids is 1. The molecule has 0 fully saturated rings. The largest absolute Gasteiger partial charge is 0.370 e. The summed E-state index contributed by atoms with van der Waals surface area (Å²) in [6.45, 7) is 0. The predicted molar refractivity (Wildman–Crippen MR) is 108 cm³/mol. The van der Waals surface area contributed by atoms with E-state index in [9.17, 15) is 28.6 Å². The zero-order valence-electron chi connectivity index (χ0n) is 15.9. The first-order valence-corrected chi connectivity index (χ1v) is 10.9. The van der Waals surface area contributed by atoms with E-state index in [0.29, 0.717) is 5.56 Å². The fourth-order valence-corrected chi connectivity index (χ4v) is 4.14. The van der Waals surface area contributed by atoms with Crippen LogP contribution in [0.4, 0.5) is 23.8 Å². The van der Waals surface area contributed by atoms with Crippen molar-refractivity contribution < 1.29 is 28.6 Å². The van der Waals surface area contributed by atoms with Crippen molar-refractivity contribution in [3.8, 4) is 11.1 Å². The van der Waals surface area contributed by atoms with Gasteiger partial charge in [0.05, 0.1) is 0 Å². The van der Waals surface area contributed by atoms with E-state index in [-0.39, 0.29) is 34.8 Å². The minimum Gasteiger partial charge on any atom is -0.370 e. The van der Waals surface area contributed by atoms with Crippen LogP contribution in [0.3, 0.4) is 0 Å². The van der Waals surface area contributed by atoms with Gasteiger partial charge in [-0.15, -0.1) is 0 Å². The van der Waals surface area contributed by atoms with Gasteiger partial charge in [0.25, 0.3) is 5.91 Å². The van der Waals surface area contributed by atoms with Gasteiger partial charge in [0.15, 0.2) is 11.5 Å². The first kappa shape index (κ1) is 21.7. The molecule has 4 rings (SSSR count). The molecule has 0 aliphatic carbocycles. The Morgan fingerprint density at radius 3 is 2.16 bits per heavy atom. The van der Waals surface area contributed by atoms with E-state index in [0.717, 1.165) is 12.1 Å². The first-order chi connectivity index (χ1) is 14.7. The van der Waals surface area contributed by atoms with E-state index in [4.69, 9.17) is 5.73 Å². The number of halogens is 6. The molecule has 3 aromatic rings. The highest BCUT2D eigenvalue weighted by molar-refractivity contribution is 8.45. The number of benzene rings is 2. The van der Waals surface area contributed by atoms with Crippen molar-refractivity contribution in [3.05, 3.63) is 83.9 Å². The molecule has 2 aromatic carbocycles. The van der Waals surface area contributed by atoms with E-state index in [2.05, 4.69) is 15.3 Å². The Labute approximate surface area is 177 Å². The predicted octanol–water partition coefficient (Wildman–Crippen LogP) is 5.23. The number of amides is 1. The summed E-state index contributed by atoms with van der Waals surface area (Å²) in [4.78, 5) is 18.4. The van der Waals surface area contributed by atoms with Crippen molar-refractivity contribution in [1.82, 2.24) is 10.3 Å². The minimum atomic E-state index is -9.91. The van der Waals surface area contributed by atoms with E-state index in [1.165, 1.54) is 42.6 Å². The molecule has 0 bridgehead atoms. The van der Waals surface area contributed by atoms with Crippen LogP contribution in [0.2, 0.25) is 0 Å². The van der Waals surface area contributed by atoms with Crippen LogP contribution in [-0.2, 0) is 10.3 Å². The molecular formula is C20H14F6N4OS. The van der Waals surface area contributed by atoms with Crippen molar-refractivity contribution >= 4 is 22.1 Å². The summed E-state index contributed by atoms with van der Waals surface area (Å²) < 4.78 is 79.8. The van der Waals surface area contributed by atoms with Gasteiger partial charge in [0.1, 0.15) is 4.90 Å². The van der Waals surface area contributed by atoms with E-state index in [1.54, 1.807) is 0 Å². The molecule has 2 heterocycles. The lowest BCUT2D eigenvalue weighted by molar-refractivity contribution is -0.122. The molecule has 0 spiro atoms. The van der Waals surface area contributed by atoms with E-state index < -0.39 is 32.5 Å². The molecule has 1 atom stereocenters. The highest BCUT2D eigenvalue weighted by Crippen LogP contribution is 3.02. The Morgan fingerprint density at radius 1 is 0.906 bits per heavy atom. The fourth-order valence-electron chi connectivity index (χ4n) is 3.49. The normalized spacial score (nSPS) is 20.8. The Kier molecular flexibility index (Phi) is 4.24. The Hall–Kier alpha value is -3.54. The third-order valence-corrected chi connectivity index (χ3v) is 6.09. The maximum absolute atomic E-state index is 14.2. The number of guanidine groups is 1. The number of pyridine rings is 1. The molecule has 5 nitrogen and oxygen atoms in total. The summed E-state index contributed by atoms with van der Waals surface area (Å²) in [5.41, 5.74) is 4.10. The number of hydrogen-bond donors (Lipinski definition) is 2. The molecule has 32 heavy (non-hydrogen) atoms. The van der Waals surface area contributed by atoms with Gasteiger partial charge in [-0.25, -0.2) is 9.98 Å². The highest BCUT2D eigenvalue weighted by atomic mass is 32.5. The molecule has 3 N–H and O–H groups in total. The second kappa shape index (κ2) is 6.25. The summed E-state index contributed by atoms with van der Waals surface area (Å²) in [5, 5.41) is 2.27. The zero-order chi connectivity index (χ0) is 23.4. The maximum Gasteiger partial charge on any atom is 0.310 e. The fraction of sp³-hybridized carbons (Fsp3) is 0.0500. The second-order valence-electron chi connectivity index (χ2n) is 7.08. The van der Waals surface area contributed by atoms with Crippen LogP contribution in [-0.4, -0.2) is 16.9 Å². The van der Waals surface area contributed by atoms with Gasteiger partial charge in [-0.05, 0) is 47.0 Å². The maximum atomic E-state index is 14.2. The van der Waals surface area contributed by atoms with Gasteiger partial charge < -0.3 is 5.73 Å². The Morgan fingerprint density at radius 2 is 1.59 bits per heavy atom. The van der Waals surface area contributed by atoms with Crippen molar-refractivity contribution in [3.63, 3.8) is 0 Å². The SMILES string of the molecule is NC1=NC(c2ccc(S(F)(F)(F)(F)F)cc2)(c2cccc(-c3cccnc3F)c2)C(=O)N1. The molecule has 1 aliphatic rings. The zero-order valence-corrected chi connectivity index (χ0v) is 16.7. The van der Waals surface area contributed by atoms with Crippen molar-refractivity contribution in [1.29, 1.82) is 0 Å². The number of aromatic nitrogens is 1. The molecule has 168 valence electrons. The molecule has 0 radical (unpaired) electrons. The van der Waals surface area contributed by atoms with Crippen molar-refractivity contribution in [2.75, 3.05) is 0 Å². The van der Waals surface area contributed by atoms with Crippen LogP contribution < -0.4 is 11.1 Å². The molecule has 0 saturated carbocycles. The van der Waals surface area contributed by atoms with Crippen molar-refractivity contribution in [2.45, 2.75) is 10.4 Å². The topological polar surface area (TPSA) is 80.4 Å². The lowest BCUT2D eigenvalue weighted by Gasteiger charge is -2.40. The number of aliphatic imine (C=N–C) groups is 1. The van der Waals surface area contributed by atoms with Gasteiger partial charge in [0.2, 0.25) is 5.95 Å². The monoisotopic (exact) mass is 472 g/mol. The smallest absolute Gasteiger partial charge is 0.310 e. The lowest BCUT2D eigenvalue weighted by atomic mass is 9.82. The number of nitrogens with two attached hydrogens (primary N) is 1. The molecule has 1 unspecified atom stereocenters. The van der Waals surface area contributed by atoms with Gasteiger partial charge >= 0.3 is 10.2 Å². The third kappa shape index (κ3) is 3.66. The van der Waals surface area contributed by atoms with Gasteiger partial charge in [-0.3, -0.25) is 10.1 Å². The minimum absolute atomic E-state index is 0.108. The third-order valence-electron chi connectivity index (χ3n) is 4.93. The van der Waals surface area contributed by atoms with Crippen LogP contribution in [0, 0.1) is 5.95 Å². The van der Waals surface area contributed by atoms with E-state index in [1.807, 2.05) is 0 Å². The lowest BCUT2D eigenvalue weighted by Crippen LogP contribution is -2.39. The summed E-state index contributed by atoms with van der Waals surface area (Å²) in [7, 11) is -9.91. The number of nitrogens with zero attached hydrogens (tertiary/aromatic N) is 2. The van der Waals surface area contributed by atoms with E-state index >= 15 is 0 Å².